The Morgan fingerprint density at radius 3 is 2.73 bits per heavy atom. The maximum Gasteiger partial charge on any atom is 0.407 e. The minimum absolute atomic E-state index is 0.110. The number of fused-ring (bicyclic) bond motifs is 1. The van der Waals surface area contributed by atoms with E-state index in [-0.39, 0.29) is 12.0 Å². The number of hydrogen-bond donors (Lipinski definition) is 2. The molecule has 2 aliphatic heterocycles. The van der Waals surface area contributed by atoms with Crippen molar-refractivity contribution in [3.63, 3.8) is 0 Å². The van der Waals surface area contributed by atoms with Crippen LogP contribution in [-0.4, -0.2) is 62.2 Å². The quantitative estimate of drug-likeness (QED) is 0.259. The van der Waals surface area contributed by atoms with Gasteiger partial charge in [-0.25, -0.2) is 4.79 Å². The average molecular weight is 561 g/mol. The van der Waals surface area contributed by atoms with Crippen LogP contribution >= 0.6 is 0 Å². The Morgan fingerprint density at radius 2 is 1.90 bits per heavy atom. The number of carboxylic acid groups (broad SMARTS) is 1. The number of piperidine rings is 1. The van der Waals surface area contributed by atoms with E-state index in [1.807, 2.05) is 36.4 Å². The van der Waals surface area contributed by atoms with Gasteiger partial charge >= 0.3 is 6.09 Å². The summed E-state index contributed by atoms with van der Waals surface area (Å²) in [5.41, 5.74) is 5.79. The van der Waals surface area contributed by atoms with Crippen LogP contribution in [0, 0.1) is 0 Å². The van der Waals surface area contributed by atoms with Gasteiger partial charge in [-0.1, -0.05) is 42.5 Å². The van der Waals surface area contributed by atoms with Gasteiger partial charge in [0.05, 0.1) is 46.2 Å². The van der Waals surface area contributed by atoms with Gasteiger partial charge in [0, 0.05) is 36.7 Å². The largest absolute Gasteiger partial charge is 0.496 e. The van der Waals surface area contributed by atoms with Crippen molar-refractivity contribution in [2.45, 2.75) is 50.9 Å². The van der Waals surface area contributed by atoms with E-state index in [0.717, 1.165) is 54.0 Å². The molecule has 8 nitrogen and oxygen atoms in total. The third kappa shape index (κ3) is 7.71. The summed E-state index contributed by atoms with van der Waals surface area (Å²) in [5, 5.41) is 13.1. The molecule has 41 heavy (non-hydrogen) atoms. The molecule has 5 rings (SSSR count). The standard InChI is InChI=1S/C33H40N2O6/c1-38-31-8-3-2-6-27(31)23-39-18-5-19-40-28-13-11-25(12-14-28)29-15-17-35(33(36)37)21-32(29)41-22-24-9-10-26-7-4-16-34-30(26)20-24/h2-3,6,8-14,20,29,32,34H,4-5,7,15-19,21-23H2,1H3,(H,36,37). The van der Waals surface area contributed by atoms with Crippen molar-refractivity contribution in [2.75, 3.05) is 45.3 Å². The van der Waals surface area contributed by atoms with Crippen LogP contribution in [0.2, 0.25) is 0 Å². The molecule has 0 bridgehead atoms. The number of likely N-dealkylation sites (tertiary alicyclic amines) is 1. The summed E-state index contributed by atoms with van der Waals surface area (Å²) < 4.78 is 23.5. The van der Waals surface area contributed by atoms with E-state index in [9.17, 15) is 9.90 Å². The highest BCUT2D eigenvalue weighted by Gasteiger charge is 2.33. The third-order valence-electron chi connectivity index (χ3n) is 7.87. The third-order valence-corrected chi connectivity index (χ3v) is 7.87. The van der Waals surface area contributed by atoms with Gasteiger partial charge in [0.15, 0.2) is 0 Å². The van der Waals surface area contributed by atoms with Gasteiger partial charge in [0.1, 0.15) is 11.5 Å². The normalized spacial score (nSPS) is 18.3. The molecular formula is C33H40N2O6. The molecule has 218 valence electrons. The molecule has 0 saturated carbocycles. The fraction of sp³-hybridized carbons (Fsp3) is 0.424. The molecule has 0 radical (unpaired) electrons. The number of nitrogens with zero attached hydrogens (tertiary/aromatic N) is 1. The topological polar surface area (TPSA) is 89.5 Å². The summed E-state index contributed by atoms with van der Waals surface area (Å²) in [6.07, 6.45) is 2.62. The number of nitrogens with one attached hydrogen (secondary N) is 1. The van der Waals surface area contributed by atoms with Crippen LogP contribution in [0.15, 0.2) is 66.7 Å². The number of ether oxygens (including phenoxy) is 4. The fourth-order valence-electron chi connectivity index (χ4n) is 5.61. The van der Waals surface area contributed by atoms with Crippen LogP contribution < -0.4 is 14.8 Å². The summed E-state index contributed by atoms with van der Waals surface area (Å²) in [5.74, 6) is 1.75. The fourth-order valence-corrected chi connectivity index (χ4v) is 5.61. The summed E-state index contributed by atoms with van der Waals surface area (Å²) in [6, 6.07) is 22.4. The van der Waals surface area contributed by atoms with E-state index in [4.69, 9.17) is 18.9 Å². The number of para-hydroxylation sites is 1. The number of methoxy groups -OCH3 is 1. The Hall–Kier alpha value is -3.75. The molecule has 1 fully saturated rings. The molecule has 0 aromatic heterocycles. The molecule has 8 heteroatoms. The molecule has 3 aromatic carbocycles. The number of benzene rings is 3. The average Bonchev–Trinajstić information content (AvgIpc) is 3.02. The SMILES string of the molecule is COc1ccccc1COCCCOc1ccc(C2CCN(C(=O)O)CC2OCc2ccc3c(c2)NCCC3)cc1. The lowest BCUT2D eigenvalue weighted by molar-refractivity contribution is -0.0199. The van der Waals surface area contributed by atoms with Crippen molar-refractivity contribution in [1.82, 2.24) is 4.90 Å². The van der Waals surface area contributed by atoms with Gasteiger partial charge in [-0.15, -0.1) is 0 Å². The molecule has 2 atom stereocenters. The lowest BCUT2D eigenvalue weighted by Crippen LogP contribution is -2.46. The zero-order valence-corrected chi connectivity index (χ0v) is 23.7. The van der Waals surface area contributed by atoms with E-state index in [2.05, 4.69) is 35.6 Å². The van der Waals surface area contributed by atoms with Gasteiger partial charge in [0.2, 0.25) is 0 Å². The lowest BCUT2D eigenvalue weighted by Gasteiger charge is -2.37. The molecule has 0 spiro atoms. The molecule has 2 aliphatic rings. The lowest BCUT2D eigenvalue weighted by atomic mass is 9.87. The number of carbonyl (C=O) groups is 1. The first-order chi connectivity index (χ1) is 20.1. The smallest absolute Gasteiger partial charge is 0.407 e. The summed E-state index contributed by atoms with van der Waals surface area (Å²) >= 11 is 0. The Bertz CT molecular complexity index is 1280. The van der Waals surface area contributed by atoms with Crippen molar-refractivity contribution in [3.8, 4) is 11.5 Å². The monoisotopic (exact) mass is 560 g/mol. The molecule has 1 amide bonds. The van der Waals surface area contributed by atoms with Gasteiger partial charge in [-0.2, -0.15) is 0 Å². The van der Waals surface area contributed by atoms with Gasteiger partial charge in [-0.3, -0.25) is 0 Å². The first-order valence-corrected chi connectivity index (χ1v) is 14.5. The summed E-state index contributed by atoms with van der Waals surface area (Å²) in [4.78, 5) is 13.2. The van der Waals surface area contributed by atoms with Crippen molar-refractivity contribution in [2.24, 2.45) is 0 Å². The van der Waals surface area contributed by atoms with E-state index >= 15 is 0 Å². The minimum Gasteiger partial charge on any atom is -0.496 e. The Balaban J connectivity index is 1.12. The minimum atomic E-state index is -0.898. The van der Waals surface area contributed by atoms with Crippen molar-refractivity contribution in [3.05, 3.63) is 89.0 Å². The van der Waals surface area contributed by atoms with E-state index in [1.165, 1.54) is 16.2 Å². The van der Waals surface area contributed by atoms with Crippen LogP contribution in [0.3, 0.4) is 0 Å². The molecule has 2 unspecified atom stereocenters. The van der Waals surface area contributed by atoms with Crippen molar-refractivity contribution in [1.29, 1.82) is 0 Å². The zero-order chi connectivity index (χ0) is 28.4. The molecule has 0 aliphatic carbocycles. The molecule has 3 aromatic rings. The molecule has 2 heterocycles. The Morgan fingerprint density at radius 1 is 1.05 bits per heavy atom. The second-order valence-electron chi connectivity index (χ2n) is 10.6. The number of anilines is 1. The highest BCUT2D eigenvalue weighted by molar-refractivity contribution is 5.65. The molecule has 2 N–H and O–H groups in total. The summed E-state index contributed by atoms with van der Waals surface area (Å²) in [7, 11) is 1.66. The van der Waals surface area contributed by atoms with Gasteiger partial charge in [0.25, 0.3) is 0 Å². The number of aryl methyl sites for hydroxylation is 1. The molecular weight excluding hydrogens is 520 g/mol. The van der Waals surface area contributed by atoms with Crippen LogP contribution in [-0.2, 0) is 29.1 Å². The zero-order valence-electron chi connectivity index (χ0n) is 23.7. The number of hydrogen-bond acceptors (Lipinski definition) is 6. The van der Waals surface area contributed by atoms with Crippen molar-refractivity contribution < 1.29 is 28.8 Å². The van der Waals surface area contributed by atoms with Gasteiger partial charge in [-0.05, 0) is 60.2 Å². The highest BCUT2D eigenvalue weighted by atomic mass is 16.5. The van der Waals surface area contributed by atoms with Gasteiger partial charge < -0.3 is 34.3 Å². The maximum atomic E-state index is 11.7. The van der Waals surface area contributed by atoms with Crippen molar-refractivity contribution >= 4 is 11.8 Å². The Kier molecular flexibility index (Phi) is 9.99. The predicted octanol–water partition coefficient (Wildman–Crippen LogP) is 6.09. The second-order valence-corrected chi connectivity index (χ2v) is 10.6. The first kappa shape index (κ1) is 28.8. The van der Waals surface area contributed by atoms with Crippen LogP contribution in [0.5, 0.6) is 11.5 Å². The van der Waals surface area contributed by atoms with E-state index in [0.29, 0.717) is 45.9 Å². The number of rotatable bonds is 12. The van der Waals surface area contributed by atoms with E-state index in [1.54, 1.807) is 7.11 Å². The Labute approximate surface area is 242 Å². The second kappa shape index (κ2) is 14.2. The van der Waals surface area contributed by atoms with Crippen LogP contribution in [0.4, 0.5) is 10.5 Å². The number of amides is 1. The first-order valence-electron chi connectivity index (χ1n) is 14.5. The van der Waals surface area contributed by atoms with E-state index < -0.39 is 6.09 Å². The predicted molar refractivity (Wildman–Crippen MR) is 158 cm³/mol. The molecule has 1 saturated heterocycles. The van der Waals surface area contributed by atoms with Crippen LogP contribution in [0.1, 0.15) is 47.4 Å². The maximum absolute atomic E-state index is 11.7. The summed E-state index contributed by atoms with van der Waals surface area (Å²) in [6.45, 7) is 3.95. The van der Waals surface area contributed by atoms with Crippen LogP contribution in [0.25, 0.3) is 0 Å². The highest BCUT2D eigenvalue weighted by Crippen LogP contribution is 2.33.